The Morgan fingerprint density at radius 3 is 1.58 bits per heavy atom. The summed E-state index contributed by atoms with van der Waals surface area (Å²) < 4.78 is 2.28. The average molecular weight is 764 g/mol. The summed E-state index contributed by atoms with van der Waals surface area (Å²) in [5.41, 5.74) is 13.0. The molecule has 0 radical (unpaired) electrons. The Kier molecular flexibility index (Phi) is 14.9. The Morgan fingerprint density at radius 1 is 0.644 bits per heavy atom. The van der Waals surface area contributed by atoms with Crippen LogP contribution in [0, 0.1) is 43.1 Å². The molecule has 0 saturated carbocycles. The molecule has 0 saturated heterocycles. The number of aryl methyl sites for hydroxylation is 3. The van der Waals surface area contributed by atoms with Gasteiger partial charge >= 0.3 is 0 Å². The Morgan fingerprint density at radius 2 is 1.11 bits per heavy atom. The van der Waals surface area contributed by atoms with Crippen molar-refractivity contribution in [1.82, 2.24) is 9.55 Å². The van der Waals surface area contributed by atoms with Crippen LogP contribution < -0.4 is 0 Å². The summed E-state index contributed by atoms with van der Waals surface area (Å²) in [6.45, 7) is 15.6. The smallest absolute Gasteiger partial charge is 0.0989 e. The number of benzene rings is 4. The Hall–Kier alpha value is -3.24. The number of imidazole rings is 1. The van der Waals surface area contributed by atoms with E-state index in [1.807, 2.05) is 0 Å². The van der Waals surface area contributed by atoms with Crippen LogP contribution in [0.2, 0.25) is 0 Å². The van der Waals surface area contributed by atoms with Crippen molar-refractivity contribution < 1.29 is 25.8 Å². The zero-order chi connectivity index (χ0) is 29.3. The monoisotopic (exact) mass is 765 g/mol. The van der Waals surface area contributed by atoms with Crippen LogP contribution in [0.15, 0.2) is 91.0 Å². The molecule has 0 amide bonds. The minimum Gasteiger partial charge on any atom is -0.671 e. The maximum atomic E-state index is 5.71. The molecule has 45 heavy (non-hydrogen) atoms. The normalized spacial score (nSPS) is 11.2. The minimum absolute atomic E-state index is 0. The standard InChI is InChI=1S/C38H42N3.3CH3.Hf/c1-24(2)31-20-15-21-32(25(3)4)35(31)39-36(33-27(6)22-26(5)23-28(33)7)38-40-34(29-16-11-9-12-17-29)37(41(38)8)30-18-13-10-14-19-30;;;;/h9-25,36H,1-8H3;3*1H3;/q4*-1;. The Labute approximate surface area is 293 Å². The van der Waals surface area contributed by atoms with Crippen molar-refractivity contribution in [3.05, 3.63) is 158 Å². The molecule has 5 aromatic rings. The first-order valence-electron chi connectivity index (χ1n) is 14.8. The zero-order valence-corrected chi connectivity index (χ0v) is 32.8. The van der Waals surface area contributed by atoms with Gasteiger partial charge in [0, 0.05) is 44.0 Å². The molecule has 5 rings (SSSR count). The number of hydrogen-bond donors (Lipinski definition) is 0. The van der Waals surface area contributed by atoms with Crippen LogP contribution in [0.3, 0.4) is 0 Å². The predicted molar refractivity (Wildman–Crippen MR) is 193 cm³/mol. The van der Waals surface area contributed by atoms with Gasteiger partial charge in [-0.15, -0.1) is 5.69 Å². The van der Waals surface area contributed by atoms with Crippen LogP contribution in [-0.4, -0.2) is 9.55 Å². The van der Waals surface area contributed by atoms with Gasteiger partial charge in [-0.05, 0) is 55.3 Å². The molecule has 3 nitrogen and oxygen atoms in total. The molecule has 0 spiro atoms. The van der Waals surface area contributed by atoms with Gasteiger partial charge in [0.15, 0.2) is 0 Å². The molecule has 1 aromatic heterocycles. The van der Waals surface area contributed by atoms with Crippen molar-refractivity contribution in [2.24, 2.45) is 7.05 Å². The molecule has 0 aliphatic carbocycles. The van der Waals surface area contributed by atoms with Gasteiger partial charge in [0.05, 0.1) is 17.2 Å². The first-order chi connectivity index (χ1) is 19.7. The second-order valence-corrected chi connectivity index (χ2v) is 11.9. The summed E-state index contributed by atoms with van der Waals surface area (Å²) in [4.78, 5) is 5.45. The van der Waals surface area contributed by atoms with Gasteiger partial charge in [0.25, 0.3) is 0 Å². The number of hydrogen-bond acceptors (Lipinski definition) is 1. The largest absolute Gasteiger partial charge is 0.671 e. The van der Waals surface area contributed by atoms with E-state index < -0.39 is 0 Å². The van der Waals surface area contributed by atoms with Crippen molar-refractivity contribution in [1.29, 1.82) is 0 Å². The maximum absolute atomic E-state index is 5.71. The molecule has 238 valence electrons. The average Bonchev–Trinajstić information content (AvgIpc) is 3.29. The third kappa shape index (κ3) is 8.14. The van der Waals surface area contributed by atoms with Crippen molar-refractivity contribution in [3.8, 4) is 22.5 Å². The molecule has 0 N–H and O–H groups in total. The molecule has 4 heteroatoms. The van der Waals surface area contributed by atoms with E-state index in [1.54, 1.807) is 0 Å². The van der Waals surface area contributed by atoms with Gasteiger partial charge in [-0.3, -0.25) is 0 Å². The summed E-state index contributed by atoms with van der Waals surface area (Å²) in [5, 5.41) is 5.71. The summed E-state index contributed by atoms with van der Waals surface area (Å²) >= 11 is 0. The van der Waals surface area contributed by atoms with Crippen molar-refractivity contribution in [3.63, 3.8) is 0 Å². The number of aromatic nitrogens is 2. The van der Waals surface area contributed by atoms with E-state index in [0.29, 0.717) is 11.8 Å². The molecule has 4 aromatic carbocycles. The van der Waals surface area contributed by atoms with Crippen LogP contribution in [0.1, 0.15) is 84.8 Å². The topological polar surface area (TPSA) is 31.9 Å². The van der Waals surface area contributed by atoms with Crippen LogP contribution in [0.25, 0.3) is 27.8 Å². The summed E-state index contributed by atoms with van der Waals surface area (Å²) in [6, 6.07) is 32.1. The molecular formula is C41H51HfN3-4. The van der Waals surface area contributed by atoms with E-state index in [1.165, 1.54) is 33.4 Å². The minimum atomic E-state index is -0.266. The fourth-order valence-electron chi connectivity index (χ4n) is 6.15. The van der Waals surface area contributed by atoms with Crippen LogP contribution in [0.4, 0.5) is 5.69 Å². The van der Waals surface area contributed by atoms with Gasteiger partial charge in [-0.2, -0.15) is 0 Å². The fraction of sp³-hybridized carbons (Fsp3) is 0.268. The molecule has 1 unspecified atom stereocenters. The zero-order valence-electron chi connectivity index (χ0n) is 29.2. The maximum Gasteiger partial charge on any atom is 0.0989 e. The van der Waals surface area contributed by atoms with Crippen LogP contribution in [-0.2, 0) is 32.9 Å². The van der Waals surface area contributed by atoms with Crippen molar-refractivity contribution in [2.45, 2.75) is 66.3 Å². The number of nitrogens with zero attached hydrogens (tertiary/aromatic N) is 3. The van der Waals surface area contributed by atoms with E-state index in [4.69, 9.17) is 10.3 Å². The van der Waals surface area contributed by atoms with Gasteiger partial charge in [0.1, 0.15) is 0 Å². The number of para-hydroxylation sites is 1. The van der Waals surface area contributed by atoms with Crippen LogP contribution >= 0.6 is 0 Å². The molecule has 0 aliphatic rings. The van der Waals surface area contributed by atoms with E-state index in [0.717, 1.165) is 34.0 Å². The molecule has 0 aliphatic heterocycles. The molecule has 0 bridgehead atoms. The van der Waals surface area contributed by atoms with Gasteiger partial charge in [0.2, 0.25) is 0 Å². The second kappa shape index (κ2) is 16.9. The fourth-order valence-corrected chi connectivity index (χ4v) is 6.15. The first-order valence-corrected chi connectivity index (χ1v) is 14.8. The molecule has 1 heterocycles. The second-order valence-electron chi connectivity index (χ2n) is 11.9. The van der Waals surface area contributed by atoms with Gasteiger partial charge in [-0.25, -0.2) is 4.98 Å². The summed E-state index contributed by atoms with van der Waals surface area (Å²) in [7, 11) is 2.15. The predicted octanol–water partition coefficient (Wildman–Crippen LogP) is 12.1. The Balaban J connectivity index is 0.00000253. The van der Waals surface area contributed by atoms with Gasteiger partial charge in [-0.1, -0.05) is 135 Å². The van der Waals surface area contributed by atoms with E-state index in [2.05, 4.69) is 151 Å². The van der Waals surface area contributed by atoms with E-state index in [9.17, 15) is 0 Å². The number of rotatable bonds is 8. The SMILES string of the molecule is Cc1cc(C)c(C([N-]c2c(C(C)C)cccc2C(C)C)c2nc(-c3ccccc3)c(-c3ccccc3)n2C)c(C)c1.[CH3-].[CH3-].[CH3-].[Hf]. The third-order valence-electron chi connectivity index (χ3n) is 8.08. The Bertz CT molecular complexity index is 1600. The third-order valence-corrected chi connectivity index (χ3v) is 8.08. The van der Waals surface area contributed by atoms with Crippen molar-refractivity contribution in [2.75, 3.05) is 0 Å². The first kappa shape index (κ1) is 39.8. The van der Waals surface area contributed by atoms with Crippen molar-refractivity contribution >= 4 is 5.69 Å². The van der Waals surface area contributed by atoms with E-state index >= 15 is 0 Å². The molecular weight excluding hydrogens is 713 g/mol. The van der Waals surface area contributed by atoms with Gasteiger partial charge < -0.3 is 32.2 Å². The van der Waals surface area contributed by atoms with Crippen LogP contribution in [0.5, 0.6) is 0 Å². The summed E-state index contributed by atoms with van der Waals surface area (Å²) in [6.07, 6.45) is 0. The van der Waals surface area contributed by atoms with E-state index in [-0.39, 0.29) is 54.2 Å². The molecule has 0 fully saturated rings. The quantitative estimate of drug-likeness (QED) is 0.114. The molecule has 1 atom stereocenters. The summed E-state index contributed by atoms with van der Waals surface area (Å²) in [5.74, 6) is 1.66.